The van der Waals surface area contributed by atoms with Crippen molar-refractivity contribution in [3.63, 3.8) is 0 Å². The minimum atomic E-state index is -0.718. The molecule has 8 heteroatoms. The maximum absolute atomic E-state index is 12.6. The molecule has 2 amide bonds. The van der Waals surface area contributed by atoms with Crippen molar-refractivity contribution >= 4 is 29.2 Å². The molecule has 0 spiro atoms. The fraction of sp³-hybridized carbons (Fsp3) is 0.222. The van der Waals surface area contributed by atoms with Crippen LogP contribution in [0.1, 0.15) is 29.3 Å². The highest BCUT2D eigenvalue weighted by Crippen LogP contribution is 2.23. The lowest BCUT2D eigenvalue weighted by Crippen LogP contribution is -2.22. The molecule has 0 saturated heterocycles. The molecule has 3 aromatic rings. The predicted octanol–water partition coefficient (Wildman–Crippen LogP) is 4.46. The van der Waals surface area contributed by atoms with Gasteiger partial charge in [0.15, 0.2) is 6.61 Å². The summed E-state index contributed by atoms with van der Waals surface area (Å²) in [5.41, 5.74) is 1.96. The van der Waals surface area contributed by atoms with E-state index in [0.29, 0.717) is 30.2 Å². The molecule has 0 bridgehead atoms. The first kappa shape index (κ1) is 25.3. The summed E-state index contributed by atoms with van der Waals surface area (Å²) in [4.78, 5) is 37.4. The van der Waals surface area contributed by atoms with Gasteiger partial charge in [-0.3, -0.25) is 9.59 Å². The minimum absolute atomic E-state index is 0.160. The molecule has 3 rings (SSSR count). The summed E-state index contributed by atoms with van der Waals surface area (Å²) >= 11 is 0. The lowest BCUT2D eigenvalue weighted by molar-refractivity contribution is -0.119. The number of ether oxygens (including phenoxy) is 3. The van der Waals surface area contributed by atoms with Gasteiger partial charge in [0, 0.05) is 6.42 Å². The first-order chi connectivity index (χ1) is 17.0. The van der Waals surface area contributed by atoms with Crippen molar-refractivity contribution in [1.82, 2.24) is 0 Å². The molecule has 0 saturated carbocycles. The molecular weight excluding hydrogens is 448 g/mol. The van der Waals surface area contributed by atoms with Gasteiger partial charge >= 0.3 is 5.97 Å². The van der Waals surface area contributed by atoms with Gasteiger partial charge in [-0.15, -0.1) is 0 Å². The molecule has 0 atom stereocenters. The van der Waals surface area contributed by atoms with Gasteiger partial charge in [0.05, 0.1) is 30.7 Å². The van der Waals surface area contributed by atoms with Gasteiger partial charge in [0.2, 0.25) is 5.91 Å². The molecule has 0 unspecified atom stereocenters. The summed E-state index contributed by atoms with van der Waals surface area (Å²) in [5, 5.41) is 5.42. The lowest BCUT2D eigenvalue weighted by atomic mass is 10.1. The maximum atomic E-state index is 12.6. The quantitative estimate of drug-likeness (QED) is 0.396. The number of nitrogens with one attached hydrogen (secondary N) is 2. The van der Waals surface area contributed by atoms with Gasteiger partial charge < -0.3 is 24.8 Å². The van der Waals surface area contributed by atoms with Gasteiger partial charge in [-0.2, -0.15) is 0 Å². The highest BCUT2D eigenvalue weighted by Gasteiger charge is 2.16. The van der Waals surface area contributed by atoms with Crippen LogP contribution in [0.3, 0.4) is 0 Å². The van der Waals surface area contributed by atoms with Crippen LogP contribution in [0.2, 0.25) is 0 Å². The third-order valence-electron chi connectivity index (χ3n) is 5.02. The van der Waals surface area contributed by atoms with Gasteiger partial charge in [-0.1, -0.05) is 36.4 Å². The fourth-order valence-electron chi connectivity index (χ4n) is 3.28. The van der Waals surface area contributed by atoms with Crippen LogP contribution in [-0.2, 0) is 20.7 Å². The van der Waals surface area contributed by atoms with Crippen molar-refractivity contribution in [2.45, 2.75) is 19.8 Å². The summed E-state index contributed by atoms with van der Waals surface area (Å²) in [7, 11) is 1.60. The van der Waals surface area contributed by atoms with E-state index in [1.807, 2.05) is 31.2 Å². The van der Waals surface area contributed by atoms with Gasteiger partial charge in [-0.25, -0.2) is 4.79 Å². The number of benzene rings is 3. The number of aryl methyl sites for hydroxylation is 1. The zero-order chi connectivity index (χ0) is 25.0. The van der Waals surface area contributed by atoms with Crippen LogP contribution in [0, 0.1) is 0 Å². The second-order valence-corrected chi connectivity index (χ2v) is 7.50. The Bertz CT molecular complexity index is 1160. The molecule has 35 heavy (non-hydrogen) atoms. The molecule has 3 aromatic carbocycles. The number of anilines is 2. The molecule has 0 aliphatic carbocycles. The van der Waals surface area contributed by atoms with Gasteiger partial charge in [-0.05, 0) is 55.3 Å². The number of methoxy groups -OCH3 is 1. The number of para-hydroxylation sites is 3. The Morgan fingerprint density at radius 3 is 2.17 bits per heavy atom. The van der Waals surface area contributed by atoms with E-state index < -0.39 is 18.5 Å². The van der Waals surface area contributed by atoms with Crippen molar-refractivity contribution in [2.75, 3.05) is 31.0 Å². The SMILES string of the molecule is CCOc1ccccc1NC(=O)COC(=O)c1ccccc1NC(=O)CCc1ccc(OC)cc1. The van der Waals surface area contributed by atoms with E-state index in [2.05, 4.69) is 10.6 Å². The highest BCUT2D eigenvalue weighted by atomic mass is 16.5. The minimum Gasteiger partial charge on any atom is -0.497 e. The molecule has 0 radical (unpaired) electrons. The van der Waals surface area contributed by atoms with Crippen LogP contribution in [-0.4, -0.2) is 38.1 Å². The average Bonchev–Trinajstić information content (AvgIpc) is 2.88. The molecule has 0 aliphatic rings. The summed E-state index contributed by atoms with van der Waals surface area (Å²) < 4.78 is 15.8. The summed E-state index contributed by atoms with van der Waals surface area (Å²) in [6, 6.07) is 21.0. The Hall–Kier alpha value is -4.33. The Balaban J connectivity index is 1.54. The fourth-order valence-corrected chi connectivity index (χ4v) is 3.28. The van der Waals surface area contributed by atoms with Gasteiger partial charge in [0.25, 0.3) is 5.91 Å². The van der Waals surface area contributed by atoms with E-state index >= 15 is 0 Å². The Morgan fingerprint density at radius 1 is 0.800 bits per heavy atom. The van der Waals surface area contributed by atoms with E-state index in [0.717, 1.165) is 11.3 Å². The maximum Gasteiger partial charge on any atom is 0.340 e. The largest absolute Gasteiger partial charge is 0.497 e. The van der Waals surface area contributed by atoms with Crippen LogP contribution >= 0.6 is 0 Å². The van der Waals surface area contributed by atoms with E-state index in [-0.39, 0.29) is 17.9 Å². The smallest absolute Gasteiger partial charge is 0.340 e. The Labute approximate surface area is 204 Å². The second kappa shape index (κ2) is 12.8. The first-order valence-electron chi connectivity index (χ1n) is 11.2. The Kier molecular flexibility index (Phi) is 9.24. The second-order valence-electron chi connectivity index (χ2n) is 7.50. The van der Waals surface area contributed by atoms with Crippen molar-refractivity contribution in [2.24, 2.45) is 0 Å². The van der Waals surface area contributed by atoms with Crippen molar-refractivity contribution in [3.8, 4) is 11.5 Å². The number of hydrogen-bond acceptors (Lipinski definition) is 6. The van der Waals surface area contributed by atoms with Crippen LogP contribution in [0.5, 0.6) is 11.5 Å². The topological polar surface area (TPSA) is 103 Å². The molecule has 0 fully saturated rings. The summed E-state index contributed by atoms with van der Waals surface area (Å²) in [6.45, 7) is 1.80. The molecule has 8 nitrogen and oxygen atoms in total. The monoisotopic (exact) mass is 476 g/mol. The van der Waals surface area contributed by atoms with Crippen LogP contribution in [0.25, 0.3) is 0 Å². The zero-order valence-electron chi connectivity index (χ0n) is 19.7. The van der Waals surface area contributed by atoms with E-state index in [1.54, 1.807) is 49.6 Å². The third-order valence-corrected chi connectivity index (χ3v) is 5.02. The third kappa shape index (κ3) is 7.60. The van der Waals surface area contributed by atoms with E-state index in [4.69, 9.17) is 14.2 Å². The zero-order valence-corrected chi connectivity index (χ0v) is 19.7. The van der Waals surface area contributed by atoms with Crippen LogP contribution in [0.15, 0.2) is 72.8 Å². The van der Waals surface area contributed by atoms with Crippen LogP contribution < -0.4 is 20.1 Å². The number of amides is 2. The lowest BCUT2D eigenvalue weighted by Gasteiger charge is -2.13. The standard InChI is InChI=1S/C27H28N2O6/c1-3-34-24-11-7-6-10-23(24)29-26(31)18-35-27(32)21-8-4-5-9-22(21)28-25(30)17-14-19-12-15-20(33-2)16-13-19/h4-13,15-16H,3,14,17-18H2,1-2H3,(H,28,30)(H,29,31). The van der Waals surface area contributed by atoms with Crippen LogP contribution in [0.4, 0.5) is 11.4 Å². The number of rotatable bonds is 11. The number of carbonyl (C=O) groups is 3. The number of esters is 1. The normalized spacial score (nSPS) is 10.2. The first-order valence-corrected chi connectivity index (χ1v) is 11.2. The number of hydrogen-bond donors (Lipinski definition) is 2. The Morgan fingerprint density at radius 2 is 1.46 bits per heavy atom. The van der Waals surface area contributed by atoms with Crippen molar-refractivity contribution < 1.29 is 28.6 Å². The average molecular weight is 477 g/mol. The highest BCUT2D eigenvalue weighted by molar-refractivity contribution is 6.02. The van der Waals surface area contributed by atoms with E-state index in [9.17, 15) is 14.4 Å². The summed E-state index contributed by atoms with van der Waals surface area (Å²) in [6.07, 6.45) is 0.767. The molecule has 0 aliphatic heterocycles. The molecular formula is C27H28N2O6. The predicted molar refractivity (Wildman–Crippen MR) is 133 cm³/mol. The summed E-state index contributed by atoms with van der Waals surface area (Å²) in [5.74, 6) is -0.197. The molecule has 2 N–H and O–H groups in total. The van der Waals surface area contributed by atoms with Crippen molar-refractivity contribution in [3.05, 3.63) is 83.9 Å². The number of carbonyl (C=O) groups excluding carboxylic acids is 3. The van der Waals surface area contributed by atoms with Crippen molar-refractivity contribution in [1.29, 1.82) is 0 Å². The molecule has 0 heterocycles. The van der Waals surface area contributed by atoms with Gasteiger partial charge in [0.1, 0.15) is 11.5 Å². The molecule has 182 valence electrons. The van der Waals surface area contributed by atoms with E-state index in [1.165, 1.54) is 6.07 Å². The molecule has 0 aromatic heterocycles.